The van der Waals surface area contributed by atoms with E-state index in [2.05, 4.69) is 47.6 Å². The van der Waals surface area contributed by atoms with Crippen molar-refractivity contribution in [1.82, 2.24) is 29.4 Å². The van der Waals surface area contributed by atoms with Gasteiger partial charge in [0.05, 0.1) is 40.3 Å². The molecule has 2 aliphatic carbocycles. The number of aliphatic hydroxyl groups is 1. The van der Waals surface area contributed by atoms with Crippen molar-refractivity contribution in [3.63, 3.8) is 0 Å². The highest BCUT2D eigenvalue weighted by Gasteiger charge is 2.39. The third-order valence-corrected chi connectivity index (χ3v) is 9.61. The molecule has 2 saturated carbocycles. The summed E-state index contributed by atoms with van der Waals surface area (Å²) >= 11 is 6.96. The Hall–Kier alpha value is -4.17. The maximum atomic E-state index is 12.9. The van der Waals surface area contributed by atoms with Crippen molar-refractivity contribution in [1.29, 1.82) is 10.5 Å². The van der Waals surface area contributed by atoms with E-state index in [1.54, 1.807) is 6.07 Å². The number of piperazine rings is 1. The Kier molecular flexibility index (Phi) is 7.62. The molecule has 228 valence electrons. The average Bonchev–Trinajstić information content (AvgIpc) is 3.73. The van der Waals surface area contributed by atoms with Gasteiger partial charge in [0.15, 0.2) is 17.2 Å². The fourth-order valence-electron chi connectivity index (χ4n) is 6.42. The Morgan fingerprint density at radius 3 is 2.45 bits per heavy atom. The van der Waals surface area contributed by atoms with Gasteiger partial charge in [-0.1, -0.05) is 11.6 Å². The van der Waals surface area contributed by atoms with E-state index in [-0.39, 0.29) is 29.6 Å². The number of halogens is 1. The molecule has 13 nitrogen and oxygen atoms in total. The molecule has 4 heterocycles. The monoisotopic (exact) mass is 615 g/mol. The number of likely N-dealkylation sites (tertiary alicyclic amines) is 1. The van der Waals surface area contributed by atoms with Crippen molar-refractivity contribution >= 4 is 46.3 Å². The summed E-state index contributed by atoms with van der Waals surface area (Å²) in [6.07, 6.45) is 6.29. The molecule has 0 spiro atoms. The van der Waals surface area contributed by atoms with Gasteiger partial charge in [-0.15, -0.1) is 5.10 Å². The van der Waals surface area contributed by atoms with Crippen LogP contribution >= 0.6 is 11.6 Å². The number of hydrogen-bond donors (Lipinski definition) is 3. The largest absolute Gasteiger partial charge is 0.393 e. The van der Waals surface area contributed by atoms with Gasteiger partial charge in [-0.2, -0.15) is 20.0 Å². The first-order valence-electron chi connectivity index (χ1n) is 15.3. The zero-order valence-corrected chi connectivity index (χ0v) is 25.0. The Labute approximate surface area is 260 Å². The van der Waals surface area contributed by atoms with Crippen molar-refractivity contribution in [2.24, 2.45) is 5.92 Å². The lowest BCUT2D eigenvalue weighted by Crippen LogP contribution is -2.65. The van der Waals surface area contributed by atoms with Crippen molar-refractivity contribution in [2.75, 3.05) is 54.8 Å². The highest BCUT2D eigenvalue weighted by Crippen LogP contribution is 2.37. The first-order valence-corrected chi connectivity index (χ1v) is 15.7. The Bertz CT molecular complexity index is 1650. The summed E-state index contributed by atoms with van der Waals surface area (Å²) in [5.74, 6) is 1.05. The summed E-state index contributed by atoms with van der Waals surface area (Å²) in [6.45, 7) is 4.62. The SMILES string of the molecule is N#Cc1cc(Nc2nc(NC3CC3)c3ncc(C#N)n3n2)c(Cl)c(N2CCN(C3CN(C(=O)C4CCC(O)CC4)C3)CC2)c1. The fraction of sp³-hybridized carbons (Fsp3) is 0.533. The number of fused-ring (bicyclic) bond motifs is 1. The number of benzene rings is 1. The lowest BCUT2D eigenvalue weighted by molar-refractivity contribution is -0.145. The summed E-state index contributed by atoms with van der Waals surface area (Å²) in [5.41, 5.74) is 2.47. The number of rotatable bonds is 7. The molecule has 4 fully saturated rings. The molecule has 2 aromatic heterocycles. The Balaban J connectivity index is 1.03. The van der Waals surface area contributed by atoms with Gasteiger partial charge in [-0.25, -0.2) is 4.98 Å². The minimum Gasteiger partial charge on any atom is -0.393 e. The van der Waals surface area contributed by atoms with Gasteiger partial charge < -0.3 is 25.5 Å². The molecule has 7 rings (SSSR count). The number of aromatic nitrogens is 4. The molecular formula is C30H34ClN11O2. The van der Waals surface area contributed by atoms with E-state index in [4.69, 9.17) is 11.6 Å². The number of imidazole rings is 1. The third-order valence-electron chi connectivity index (χ3n) is 9.22. The predicted octanol–water partition coefficient (Wildman–Crippen LogP) is 2.72. The predicted molar refractivity (Wildman–Crippen MR) is 164 cm³/mol. The second kappa shape index (κ2) is 11.7. The standard InChI is InChI=1S/C30H34ClN11O2/c31-26-24(36-30-37-27(35-20-3-4-20)28-34-15-21(14-33)42(28)38-30)11-18(13-32)12-25(26)40-9-7-39(8-10-40)22-16-41(17-22)29(44)19-1-5-23(43)6-2-19/h11-12,15,19-20,22-23,43H,1-10,16-17H2,(H2,35,36,37,38). The number of nitrogens with one attached hydrogen (secondary N) is 2. The van der Waals surface area contributed by atoms with Crippen molar-refractivity contribution < 1.29 is 9.90 Å². The minimum atomic E-state index is -0.256. The molecule has 14 heteroatoms. The third kappa shape index (κ3) is 5.59. The molecule has 2 saturated heterocycles. The zero-order chi connectivity index (χ0) is 30.4. The lowest BCUT2D eigenvalue weighted by Gasteiger charge is -2.49. The molecule has 3 N–H and O–H groups in total. The van der Waals surface area contributed by atoms with Crippen LogP contribution in [0.25, 0.3) is 5.65 Å². The van der Waals surface area contributed by atoms with Crippen molar-refractivity contribution in [2.45, 2.75) is 56.7 Å². The van der Waals surface area contributed by atoms with Gasteiger partial charge in [0.1, 0.15) is 6.07 Å². The van der Waals surface area contributed by atoms with E-state index in [9.17, 15) is 20.4 Å². The average molecular weight is 616 g/mol. The number of nitriles is 2. The zero-order valence-electron chi connectivity index (χ0n) is 24.3. The number of carbonyl (C=O) groups is 1. The van der Waals surface area contributed by atoms with Gasteiger partial charge in [0.25, 0.3) is 0 Å². The maximum Gasteiger partial charge on any atom is 0.247 e. The second-order valence-electron chi connectivity index (χ2n) is 12.2. The molecule has 0 radical (unpaired) electrons. The first-order chi connectivity index (χ1) is 21.4. The van der Waals surface area contributed by atoms with Crippen LogP contribution in [0.4, 0.5) is 23.1 Å². The van der Waals surface area contributed by atoms with Crippen LogP contribution in [0.5, 0.6) is 0 Å². The maximum absolute atomic E-state index is 12.9. The molecule has 0 bridgehead atoms. The van der Waals surface area contributed by atoms with Crippen LogP contribution in [0.15, 0.2) is 18.3 Å². The number of aliphatic hydroxyl groups excluding tert-OH is 1. The quantitative estimate of drug-likeness (QED) is 0.358. The number of carbonyl (C=O) groups excluding carboxylic acids is 1. The number of anilines is 4. The normalized spacial score (nSPS) is 22.7. The Morgan fingerprint density at radius 1 is 1.02 bits per heavy atom. The molecule has 0 unspecified atom stereocenters. The summed E-state index contributed by atoms with van der Waals surface area (Å²) in [5, 5.41) is 40.6. The van der Waals surface area contributed by atoms with Crippen LogP contribution in [-0.4, -0.2) is 97.9 Å². The summed E-state index contributed by atoms with van der Waals surface area (Å²) < 4.78 is 1.46. The molecule has 1 amide bonds. The van der Waals surface area contributed by atoms with E-state index < -0.39 is 0 Å². The van der Waals surface area contributed by atoms with Gasteiger partial charge >= 0.3 is 0 Å². The van der Waals surface area contributed by atoms with Crippen LogP contribution in [0.3, 0.4) is 0 Å². The van der Waals surface area contributed by atoms with Gasteiger partial charge in [-0.3, -0.25) is 9.69 Å². The summed E-state index contributed by atoms with van der Waals surface area (Å²) in [4.78, 5) is 28.4. The first kappa shape index (κ1) is 28.6. The van der Waals surface area contributed by atoms with Crippen LogP contribution < -0.4 is 15.5 Å². The molecule has 1 aromatic carbocycles. The van der Waals surface area contributed by atoms with Crippen molar-refractivity contribution in [3.8, 4) is 12.1 Å². The number of nitrogens with zero attached hydrogens (tertiary/aromatic N) is 9. The van der Waals surface area contributed by atoms with Gasteiger partial charge in [0.2, 0.25) is 11.9 Å². The van der Waals surface area contributed by atoms with Crippen LogP contribution in [-0.2, 0) is 4.79 Å². The lowest BCUT2D eigenvalue weighted by atomic mass is 9.85. The van der Waals surface area contributed by atoms with Crippen LogP contribution in [0.2, 0.25) is 5.02 Å². The number of hydrogen-bond acceptors (Lipinski definition) is 11. The van der Waals surface area contributed by atoms with Crippen LogP contribution in [0, 0.1) is 28.6 Å². The second-order valence-corrected chi connectivity index (χ2v) is 12.6. The molecular weight excluding hydrogens is 582 g/mol. The van der Waals surface area contributed by atoms with Gasteiger partial charge in [0, 0.05) is 57.3 Å². The van der Waals surface area contributed by atoms with E-state index in [1.165, 1.54) is 10.7 Å². The van der Waals surface area contributed by atoms with E-state index in [0.717, 1.165) is 83.5 Å². The number of amides is 1. The molecule has 44 heavy (non-hydrogen) atoms. The topological polar surface area (TPSA) is 162 Å². The summed E-state index contributed by atoms with van der Waals surface area (Å²) in [7, 11) is 0. The Morgan fingerprint density at radius 2 is 1.77 bits per heavy atom. The smallest absolute Gasteiger partial charge is 0.247 e. The minimum absolute atomic E-state index is 0.0512. The molecule has 4 aliphatic rings. The van der Waals surface area contributed by atoms with Crippen molar-refractivity contribution in [3.05, 3.63) is 34.6 Å². The highest BCUT2D eigenvalue weighted by atomic mass is 35.5. The molecule has 0 atom stereocenters. The van der Waals surface area contributed by atoms with E-state index in [1.807, 2.05) is 11.0 Å². The highest BCUT2D eigenvalue weighted by molar-refractivity contribution is 6.36. The molecule has 3 aromatic rings. The van der Waals surface area contributed by atoms with E-state index >= 15 is 0 Å². The van der Waals surface area contributed by atoms with Gasteiger partial charge in [-0.05, 0) is 50.7 Å². The summed E-state index contributed by atoms with van der Waals surface area (Å²) in [6, 6.07) is 8.50. The van der Waals surface area contributed by atoms with E-state index in [0.29, 0.717) is 39.8 Å². The van der Waals surface area contributed by atoms with Crippen LogP contribution in [0.1, 0.15) is 49.8 Å². The molecule has 2 aliphatic heterocycles. The fourth-order valence-corrected chi connectivity index (χ4v) is 6.69.